The van der Waals surface area contributed by atoms with Crippen LogP contribution in [0.3, 0.4) is 0 Å². The zero-order chi connectivity index (χ0) is 9.68. The molecule has 13 heavy (non-hydrogen) atoms. The van der Waals surface area contributed by atoms with Gasteiger partial charge in [-0.2, -0.15) is 0 Å². The zero-order valence-electron chi connectivity index (χ0n) is 8.75. The Hall–Kier alpha value is -0.120. The van der Waals surface area contributed by atoms with Crippen molar-refractivity contribution in [3.8, 4) is 0 Å². The van der Waals surface area contributed by atoms with Crippen LogP contribution in [0.1, 0.15) is 26.7 Å². The number of nitrogens with one attached hydrogen (secondary N) is 1. The Morgan fingerprint density at radius 2 is 2.00 bits per heavy atom. The van der Waals surface area contributed by atoms with Gasteiger partial charge in [-0.15, -0.1) is 0 Å². The Morgan fingerprint density at radius 1 is 1.38 bits per heavy atom. The van der Waals surface area contributed by atoms with Crippen LogP contribution in [0.2, 0.25) is 0 Å². The van der Waals surface area contributed by atoms with Gasteiger partial charge in [-0.3, -0.25) is 0 Å². The van der Waals surface area contributed by atoms with E-state index in [1.54, 1.807) is 0 Å². The van der Waals surface area contributed by atoms with Crippen molar-refractivity contribution in [3.05, 3.63) is 0 Å². The smallest absolute Gasteiger partial charge is 0.0469 e. The van der Waals surface area contributed by atoms with E-state index in [1.807, 2.05) is 0 Å². The summed E-state index contributed by atoms with van der Waals surface area (Å²) in [5, 5.41) is 3.52. The fourth-order valence-electron chi connectivity index (χ4n) is 1.94. The van der Waals surface area contributed by atoms with Crippen LogP contribution in [0, 0.1) is 5.92 Å². The second kappa shape index (κ2) is 5.58. The van der Waals surface area contributed by atoms with Crippen molar-refractivity contribution in [3.63, 3.8) is 0 Å². The van der Waals surface area contributed by atoms with Gasteiger partial charge in [0, 0.05) is 31.8 Å². The summed E-state index contributed by atoms with van der Waals surface area (Å²) in [5.41, 5.74) is 5.75. The quantitative estimate of drug-likeness (QED) is 0.680. The van der Waals surface area contributed by atoms with Gasteiger partial charge >= 0.3 is 0 Å². The van der Waals surface area contributed by atoms with Crippen LogP contribution in [0.15, 0.2) is 0 Å². The standard InChI is InChI=1S/C10H22N2O/c1-8(2)12-10(7-11)9-3-5-13-6-4-9/h8-10,12H,3-7,11H2,1-2H3. The van der Waals surface area contributed by atoms with Crippen molar-refractivity contribution >= 4 is 0 Å². The number of hydrogen-bond donors (Lipinski definition) is 2. The van der Waals surface area contributed by atoms with Gasteiger partial charge in [-0.05, 0) is 18.8 Å². The molecule has 0 bridgehead atoms. The molecule has 3 heteroatoms. The number of ether oxygens (including phenoxy) is 1. The van der Waals surface area contributed by atoms with Crippen LogP contribution < -0.4 is 11.1 Å². The average Bonchev–Trinajstić information content (AvgIpc) is 2.15. The molecule has 1 unspecified atom stereocenters. The van der Waals surface area contributed by atoms with Gasteiger partial charge in [-0.25, -0.2) is 0 Å². The number of hydrogen-bond acceptors (Lipinski definition) is 3. The highest BCUT2D eigenvalue weighted by atomic mass is 16.5. The lowest BCUT2D eigenvalue weighted by atomic mass is 9.91. The maximum Gasteiger partial charge on any atom is 0.0469 e. The molecule has 0 spiro atoms. The van der Waals surface area contributed by atoms with E-state index in [-0.39, 0.29) is 0 Å². The Kier molecular flexibility index (Phi) is 4.70. The lowest BCUT2D eigenvalue weighted by Crippen LogP contribution is -2.46. The van der Waals surface area contributed by atoms with Crippen LogP contribution in [0.4, 0.5) is 0 Å². The summed E-state index contributed by atoms with van der Waals surface area (Å²) < 4.78 is 5.33. The summed E-state index contributed by atoms with van der Waals surface area (Å²) in [6.45, 7) is 6.88. The molecule has 0 aromatic rings. The molecule has 3 N–H and O–H groups in total. The molecule has 1 aliphatic rings. The molecule has 1 rings (SSSR count). The minimum Gasteiger partial charge on any atom is -0.381 e. The van der Waals surface area contributed by atoms with E-state index in [4.69, 9.17) is 10.5 Å². The normalized spacial score (nSPS) is 22.2. The van der Waals surface area contributed by atoms with Gasteiger partial charge in [0.15, 0.2) is 0 Å². The van der Waals surface area contributed by atoms with E-state index in [1.165, 1.54) is 0 Å². The first-order chi connectivity index (χ1) is 6.24. The molecule has 0 aromatic carbocycles. The van der Waals surface area contributed by atoms with E-state index in [0.29, 0.717) is 18.0 Å². The summed E-state index contributed by atoms with van der Waals surface area (Å²) in [6, 6.07) is 1.00. The maximum atomic E-state index is 5.75. The van der Waals surface area contributed by atoms with E-state index < -0.39 is 0 Å². The largest absolute Gasteiger partial charge is 0.381 e. The predicted octanol–water partition coefficient (Wildman–Crippen LogP) is 0.738. The second-order valence-corrected chi connectivity index (χ2v) is 4.11. The minimum absolute atomic E-state index is 0.476. The highest BCUT2D eigenvalue weighted by Crippen LogP contribution is 2.18. The molecule has 1 aliphatic heterocycles. The molecular weight excluding hydrogens is 164 g/mol. The van der Waals surface area contributed by atoms with Crippen LogP contribution in [0.25, 0.3) is 0 Å². The molecule has 1 fully saturated rings. The van der Waals surface area contributed by atoms with Crippen molar-refractivity contribution in [2.24, 2.45) is 11.7 Å². The van der Waals surface area contributed by atoms with Crippen LogP contribution in [-0.4, -0.2) is 31.8 Å². The topological polar surface area (TPSA) is 47.3 Å². The lowest BCUT2D eigenvalue weighted by Gasteiger charge is -2.31. The average molecular weight is 186 g/mol. The summed E-state index contributed by atoms with van der Waals surface area (Å²) in [5.74, 6) is 0.709. The fraction of sp³-hybridized carbons (Fsp3) is 1.00. The van der Waals surface area contributed by atoms with Gasteiger partial charge in [-0.1, -0.05) is 13.8 Å². The van der Waals surface area contributed by atoms with E-state index >= 15 is 0 Å². The van der Waals surface area contributed by atoms with Crippen molar-refractivity contribution < 1.29 is 4.74 Å². The highest BCUT2D eigenvalue weighted by Gasteiger charge is 2.22. The Labute approximate surface area is 81.0 Å². The first-order valence-electron chi connectivity index (χ1n) is 5.28. The van der Waals surface area contributed by atoms with Gasteiger partial charge in [0.05, 0.1) is 0 Å². The maximum absolute atomic E-state index is 5.75. The second-order valence-electron chi connectivity index (χ2n) is 4.11. The molecule has 0 amide bonds. The van der Waals surface area contributed by atoms with Gasteiger partial charge < -0.3 is 15.8 Å². The fourth-order valence-corrected chi connectivity index (χ4v) is 1.94. The Bertz CT molecular complexity index is 133. The molecule has 1 saturated heterocycles. The van der Waals surface area contributed by atoms with Gasteiger partial charge in [0.1, 0.15) is 0 Å². The summed E-state index contributed by atoms with van der Waals surface area (Å²) in [4.78, 5) is 0. The highest BCUT2D eigenvalue weighted by molar-refractivity contribution is 4.80. The Morgan fingerprint density at radius 3 is 2.46 bits per heavy atom. The Balaban J connectivity index is 2.34. The molecule has 1 heterocycles. The zero-order valence-corrected chi connectivity index (χ0v) is 8.75. The van der Waals surface area contributed by atoms with Gasteiger partial charge in [0.2, 0.25) is 0 Å². The van der Waals surface area contributed by atoms with Crippen molar-refractivity contribution in [1.29, 1.82) is 0 Å². The molecule has 0 saturated carbocycles. The molecule has 3 nitrogen and oxygen atoms in total. The summed E-state index contributed by atoms with van der Waals surface area (Å²) in [7, 11) is 0. The van der Waals surface area contributed by atoms with Crippen molar-refractivity contribution in [2.75, 3.05) is 19.8 Å². The SMILES string of the molecule is CC(C)NC(CN)C1CCOCC1. The molecular formula is C10H22N2O. The molecule has 0 radical (unpaired) electrons. The van der Waals surface area contributed by atoms with Crippen LogP contribution >= 0.6 is 0 Å². The van der Waals surface area contributed by atoms with Crippen LogP contribution in [0.5, 0.6) is 0 Å². The molecule has 78 valence electrons. The molecule has 1 atom stereocenters. The molecule has 0 aliphatic carbocycles. The third-order valence-corrected chi connectivity index (χ3v) is 2.64. The number of rotatable bonds is 4. The summed E-state index contributed by atoms with van der Waals surface area (Å²) in [6.07, 6.45) is 2.31. The first kappa shape index (κ1) is 11.0. The van der Waals surface area contributed by atoms with E-state index in [9.17, 15) is 0 Å². The van der Waals surface area contributed by atoms with Crippen molar-refractivity contribution in [2.45, 2.75) is 38.8 Å². The van der Waals surface area contributed by atoms with Crippen molar-refractivity contribution in [1.82, 2.24) is 5.32 Å². The monoisotopic (exact) mass is 186 g/mol. The van der Waals surface area contributed by atoms with E-state index in [2.05, 4.69) is 19.2 Å². The van der Waals surface area contributed by atoms with Gasteiger partial charge in [0.25, 0.3) is 0 Å². The first-order valence-corrected chi connectivity index (χ1v) is 5.28. The third-order valence-electron chi connectivity index (χ3n) is 2.64. The summed E-state index contributed by atoms with van der Waals surface area (Å²) >= 11 is 0. The van der Waals surface area contributed by atoms with E-state index in [0.717, 1.165) is 32.6 Å². The molecule has 0 aromatic heterocycles. The number of nitrogens with two attached hydrogens (primary N) is 1. The lowest BCUT2D eigenvalue weighted by molar-refractivity contribution is 0.0537. The third kappa shape index (κ3) is 3.63. The van der Waals surface area contributed by atoms with Crippen LogP contribution in [-0.2, 0) is 4.74 Å². The minimum atomic E-state index is 0.476. The predicted molar refractivity (Wildman–Crippen MR) is 54.7 cm³/mol.